The first-order valence-electron chi connectivity index (χ1n) is 2.87. The lowest BCUT2D eigenvalue weighted by Gasteiger charge is -1.97. The molecule has 0 aromatic carbocycles. The Morgan fingerprint density at radius 3 is 2.78 bits per heavy atom. The van der Waals surface area contributed by atoms with Gasteiger partial charge in [-0.1, -0.05) is 0 Å². The van der Waals surface area contributed by atoms with Gasteiger partial charge in [-0.3, -0.25) is 4.79 Å². The highest BCUT2D eigenvalue weighted by Crippen LogP contribution is 1.69. The molecule has 0 aromatic rings. The van der Waals surface area contributed by atoms with Gasteiger partial charge >= 0.3 is 0 Å². The van der Waals surface area contributed by atoms with Gasteiger partial charge < -0.3 is 16.2 Å². The average molecular weight is 132 g/mol. The van der Waals surface area contributed by atoms with Crippen LogP contribution in [-0.2, 0) is 4.79 Å². The van der Waals surface area contributed by atoms with Crippen LogP contribution in [0.3, 0.4) is 0 Å². The van der Waals surface area contributed by atoms with Crippen molar-refractivity contribution in [3.8, 4) is 0 Å². The second-order valence-electron chi connectivity index (χ2n) is 1.72. The second kappa shape index (κ2) is 5.53. The van der Waals surface area contributed by atoms with Crippen LogP contribution in [0.25, 0.3) is 0 Å². The van der Waals surface area contributed by atoms with E-state index in [-0.39, 0.29) is 19.1 Å². The minimum Gasteiger partial charge on any atom is -0.396 e. The third-order valence-corrected chi connectivity index (χ3v) is 0.811. The Labute approximate surface area is 54.0 Å². The smallest absolute Gasteiger partial charge is 0.231 e. The van der Waals surface area contributed by atoms with E-state index in [2.05, 4.69) is 5.32 Å². The number of hydrogen-bond acceptors (Lipinski definition) is 3. The zero-order valence-electron chi connectivity index (χ0n) is 5.26. The number of primary amides is 1. The second-order valence-corrected chi connectivity index (χ2v) is 1.72. The SMILES string of the molecule is NC(=O)CNCCCO. The molecule has 4 heteroatoms. The van der Waals surface area contributed by atoms with Crippen LogP contribution in [0.1, 0.15) is 6.42 Å². The quantitative estimate of drug-likeness (QED) is 0.396. The number of nitrogens with two attached hydrogens (primary N) is 1. The summed E-state index contributed by atoms with van der Waals surface area (Å²) in [6.45, 7) is 0.977. The van der Waals surface area contributed by atoms with Crippen molar-refractivity contribution in [1.29, 1.82) is 0 Å². The van der Waals surface area contributed by atoms with Crippen molar-refractivity contribution in [2.24, 2.45) is 5.73 Å². The molecule has 0 rings (SSSR count). The molecule has 54 valence electrons. The number of aliphatic hydroxyl groups is 1. The summed E-state index contributed by atoms with van der Waals surface area (Å²) < 4.78 is 0. The molecule has 0 aliphatic carbocycles. The van der Waals surface area contributed by atoms with Crippen molar-refractivity contribution < 1.29 is 9.90 Å². The number of amides is 1. The minimum absolute atomic E-state index is 0.145. The van der Waals surface area contributed by atoms with E-state index in [1.54, 1.807) is 0 Å². The molecule has 0 unspecified atom stereocenters. The fourth-order valence-electron chi connectivity index (χ4n) is 0.416. The minimum atomic E-state index is -0.368. The highest BCUT2D eigenvalue weighted by Gasteiger charge is 1.89. The fraction of sp³-hybridized carbons (Fsp3) is 0.800. The van der Waals surface area contributed by atoms with E-state index in [1.807, 2.05) is 0 Å². The van der Waals surface area contributed by atoms with Gasteiger partial charge in [0.15, 0.2) is 0 Å². The van der Waals surface area contributed by atoms with Crippen molar-refractivity contribution in [3.05, 3.63) is 0 Å². The lowest BCUT2D eigenvalue weighted by molar-refractivity contribution is -0.117. The van der Waals surface area contributed by atoms with E-state index >= 15 is 0 Å². The molecule has 0 aliphatic heterocycles. The largest absolute Gasteiger partial charge is 0.396 e. The van der Waals surface area contributed by atoms with E-state index in [4.69, 9.17) is 10.8 Å². The predicted octanol–water partition coefficient (Wildman–Crippen LogP) is -1.56. The van der Waals surface area contributed by atoms with Crippen molar-refractivity contribution >= 4 is 5.91 Å². The van der Waals surface area contributed by atoms with Crippen LogP contribution in [0, 0.1) is 0 Å². The molecule has 0 bridgehead atoms. The van der Waals surface area contributed by atoms with Gasteiger partial charge in [0.25, 0.3) is 0 Å². The van der Waals surface area contributed by atoms with E-state index in [0.717, 1.165) is 0 Å². The summed E-state index contributed by atoms with van der Waals surface area (Å²) in [6.07, 6.45) is 0.660. The number of rotatable bonds is 5. The number of aliphatic hydroxyl groups excluding tert-OH is 1. The molecular weight excluding hydrogens is 120 g/mol. The van der Waals surface area contributed by atoms with Crippen LogP contribution < -0.4 is 11.1 Å². The molecule has 0 aliphatic rings. The topological polar surface area (TPSA) is 75.4 Å². The summed E-state index contributed by atoms with van der Waals surface area (Å²) >= 11 is 0. The van der Waals surface area contributed by atoms with E-state index in [0.29, 0.717) is 13.0 Å². The van der Waals surface area contributed by atoms with Crippen molar-refractivity contribution in [2.45, 2.75) is 6.42 Å². The molecule has 0 atom stereocenters. The number of carbonyl (C=O) groups is 1. The maximum absolute atomic E-state index is 10.1. The summed E-state index contributed by atoms with van der Waals surface area (Å²) in [5, 5.41) is 11.0. The maximum atomic E-state index is 10.1. The summed E-state index contributed by atoms with van der Waals surface area (Å²) in [5.41, 5.74) is 4.81. The molecule has 4 N–H and O–H groups in total. The van der Waals surface area contributed by atoms with Crippen LogP contribution in [0.5, 0.6) is 0 Å². The molecular formula is C5H12N2O2. The highest BCUT2D eigenvalue weighted by molar-refractivity contribution is 5.75. The van der Waals surface area contributed by atoms with Gasteiger partial charge in [0.05, 0.1) is 6.54 Å². The third kappa shape index (κ3) is 7.39. The lowest BCUT2D eigenvalue weighted by atomic mass is 10.4. The molecule has 0 spiro atoms. The summed E-state index contributed by atoms with van der Waals surface area (Å²) in [4.78, 5) is 10.1. The molecule has 0 fully saturated rings. The van der Waals surface area contributed by atoms with Gasteiger partial charge in [-0.2, -0.15) is 0 Å². The third-order valence-electron chi connectivity index (χ3n) is 0.811. The van der Waals surface area contributed by atoms with Gasteiger partial charge in [-0.15, -0.1) is 0 Å². The van der Waals surface area contributed by atoms with E-state index in [1.165, 1.54) is 0 Å². The number of carbonyl (C=O) groups excluding carboxylic acids is 1. The monoisotopic (exact) mass is 132 g/mol. The molecule has 0 saturated carbocycles. The molecule has 0 heterocycles. The maximum Gasteiger partial charge on any atom is 0.231 e. The Balaban J connectivity index is 2.83. The van der Waals surface area contributed by atoms with Crippen LogP contribution in [0.4, 0.5) is 0 Å². The molecule has 4 nitrogen and oxygen atoms in total. The Morgan fingerprint density at radius 1 is 1.67 bits per heavy atom. The average Bonchev–Trinajstić information content (AvgIpc) is 1.80. The summed E-state index contributed by atoms with van der Waals surface area (Å²) in [6, 6.07) is 0. The predicted molar refractivity (Wildman–Crippen MR) is 33.8 cm³/mol. The highest BCUT2D eigenvalue weighted by atomic mass is 16.3. The van der Waals surface area contributed by atoms with Gasteiger partial charge in [-0.25, -0.2) is 0 Å². The number of hydrogen-bond donors (Lipinski definition) is 3. The first-order chi connectivity index (χ1) is 4.27. The zero-order valence-corrected chi connectivity index (χ0v) is 5.26. The summed E-state index contributed by atoms with van der Waals surface area (Å²) in [7, 11) is 0. The Hall–Kier alpha value is -0.610. The molecule has 9 heavy (non-hydrogen) atoms. The van der Waals surface area contributed by atoms with Crippen LogP contribution in [-0.4, -0.2) is 30.7 Å². The van der Waals surface area contributed by atoms with Gasteiger partial charge in [0, 0.05) is 6.61 Å². The van der Waals surface area contributed by atoms with E-state index < -0.39 is 0 Å². The summed E-state index contributed by atoms with van der Waals surface area (Å²) in [5.74, 6) is -0.368. The molecule has 0 radical (unpaired) electrons. The molecule has 0 saturated heterocycles. The van der Waals surface area contributed by atoms with Gasteiger partial charge in [0.1, 0.15) is 0 Å². The van der Waals surface area contributed by atoms with Crippen LogP contribution >= 0.6 is 0 Å². The Bertz CT molecular complexity index is 85.0. The fourth-order valence-corrected chi connectivity index (χ4v) is 0.416. The molecule has 0 aromatic heterocycles. The Kier molecular flexibility index (Phi) is 5.15. The van der Waals surface area contributed by atoms with E-state index in [9.17, 15) is 4.79 Å². The normalized spacial score (nSPS) is 9.44. The van der Waals surface area contributed by atoms with Crippen LogP contribution in [0.2, 0.25) is 0 Å². The molecule has 1 amide bonds. The van der Waals surface area contributed by atoms with Gasteiger partial charge in [0.2, 0.25) is 5.91 Å². The Morgan fingerprint density at radius 2 is 2.33 bits per heavy atom. The first-order valence-corrected chi connectivity index (χ1v) is 2.87. The van der Waals surface area contributed by atoms with Crippen LogP contribution in [0.15, 0.2) is 0 Å². The van der Waals surface area contributed by atoms with Crippen molar-refractivity contribution in [3.63, 3.8) is 0 Å². The van der Waals surface area contributed by atoms with Crippen molar-refractivity contribution in [2.75, 3.05) is 19.7 Å². The lowest BCUT2D eigenvalue weighted by Crippen LogP contribution is -2.29. The standard InChI is InChI=1S/C5H12N2O2/c6-5(9)4-7-2-1-3-8/h7-8H,1-4H2,(H2,6,9). The van der Waals surface area contributed by atoms with Gasteiger partial charge in [-0.05, 0) is 13.0 Å². The zero-order chi connectivity index (χ0) is 7.11. The van der Waals surface area contributed by atoms with Crippen molar-refractivity contribution in [1.82, 2.24) is 5.32 Å². The number of nitrogens with one attached hydrogen (secondary N) is 1. The first kappa shape index (κ1) is 8.39.